The zero-order valence-corrected chi connectivity index (χ0v) is 15.5. The lowest BCUT2D eigenvalue weighted by Crippen LogP contribution is -2.55. The van der Waals surface area contributed by atoms with Crippen LogP contribution in [0.2, 0.25) is 0 Å². The fourth-order valence-electron chi connectivity index (χ4n) is 4.63. The fourth-order valence-corrected chi connectivity index (χ4v) is 4.63. The molecule has 8 nitrogen and oxygen atoms in total. The lowest BCUT2D eigenvalue weighted by atomic mass is 9.97. The minimum atomic E-state index is -0.746. The zero-order valence-electron chi connectivity index (χ0n) is 15.5. The highest BCUT2D eigenvalue weighted by Crippen LogP contribution is 2.64. The second-order valence-corrected chi connectivity index (χ2v) is 8.38. The molecule has 3 fully saturated rings. The molecular weight excluding hydrogens is 334 g/mol. The van der Waals surface area contributed by atoms with Crippen molar-refractivity contribution in [2.75, 3.05) is 13.1 Å². The Labute approximate surface area is 153 Å². The Hall–Kier alpha value is -2.14. The van der Waals surface area contributed by atoms with Gasteiger partial charge in [-0.1, -0.05) is 13.8 Å². The van der Waals surface area contributed by atoms with Gasteiger partial charge in [-0.3, -0.25) is 14.4 Å². The molecule has 0 spiro atoms. The summed E-state index contributed by atoms with van der Waals surface area (Å²) in [6.07, 6.45) is 0.961. The van der Waals surface area contributed by atoms with E-state index in [2.05, 4.69) is 30.6 Å². The van der Waals surface area contributed by atoms with Gasteiger partial charge < -0.3 is 21.3 Å². The molecule has 0 aromatic carbocycles. The van der Waals surface area contributed by atoms with Gasteiger partial charge in [0.25, 0.3) is 0 Å². The van der Waals surface area contributed by atoms with Crippen molar-refractivity contribution in [3.8, 4) is 6.07 Å². The molecule has 6 atom stereocenters. The molecule has 4 N–H and O–H groups in total. The lowest BCUT2D eigenvalue weighted by Gasteiger charge is -2.31. The predicted molar refractivity (Wildman–Crippen MR) is 93.2 cm³/mol. The van der Waals surface area contributed by atoms with Crippen LogP contribution in [0.1, 0.15) is 33.6 Å². The van der Waals surface area contributed by atoms with Gasteiger partial charge in [0, 0.05) is 19.0 Å². The third-order valence-electron chi connectivity index (χ3n) is 6.31. The molecule has 0 aromatic heterocycles. The number of nitriles is 1. The molecule has 2 aliphatic heterocycles. The third kappa shape index (κ3) is 3.05. The summed E-state index contributed by atoms with van der Waals surface area (Å²) in [6, 6.07) is 0.0716. The molecule has 1 aliphatic carbocycles. The van der Waals surface area contributed by atoms with Crippen LogP contribution in [-0.2, 0) is 14.4 Å². The summed E-state index contributed by atoms with van der Waals surface area (Å²) in [5.41, 5.74) is 5.74. The molecule has 0 aromatic rings. The van der Waals surface area contributed by atoms with Crippen molar-refractivity contribution in [2.45, 2.75) is 51.7 Å². The molecule has 1 saturated carbocycles. The Morgan fingerprint density at radius 3 is 2.73 bits per heavy atom. The highest BCUT2D eigenvalue weighted by molar-refractivity contribution is 5.91. The Bertz CT molecular complexity index is 668. The van der Waals surface area contributed by atoms with E-state index in [-0.39, 0.29) is 40.9 Å². The molecule has 3 rings (SSSR count). The van der Waals surface area contributed by atoms with Crippen LogP contribution < -0.4 is 16.4 Å². The van der Waals surface area contributed by atoms with E-state index in [1.54, 1.807) is 11.8 Å². The summed E-state index contributed by atoms with van der Waals surface area (Å²) < 4.78 is 0. The summed E-state index contributed by atoms with van der Waals surface area (Å²) in [5.74, 6) is -0.520. The Kier molecular flexibility index (Phi) is 4.69. The largest absolute Gasteiger partial charge is 0.356 e. The molecule has 26 heavy (non-hydrogen) atoms. The fraction of sp³-hybridized carbons (Fsp3) is 0.778. The topological polar surface area (TPSA) is 128 Å². The first-order chi connectivity index (χ1) is 12.2. The molecule has 3 amide bonds. The van der Waals surface area contributed by atoms with Gasteiger partial charge in [-0.25, -0.2) is 0 Å². The first-order valence-corrected chi connectivity index (χ1v) is 9.22. The molecule has 2 saturated heterocycles. The number of nitrogens with one attached hydrogen (secondary N) is 2. The highest BCUT2D eigenvalue weighted by atomic mass is 16.2. The molecule has 3 aliphatic rings. The number of nitrogens with zero attached hydrogens (tertiary/aromatic N) is 2. The maximum absolute atomic E-state index is 12.9. The van der Waals surface area contributed by atoms with Gasteiger partial charge in [0.05, 0.1) is 12.1 Å². The number of hydrogen-bond donors (Lipinski definition) is 3. The maximum Gasteiger partial charge on any atom is 0.244 e. The quantitative estimate of drug-likeness (QED) is 0.599. The summed E-state index contributed by atoms with van der Waals surface area (Å²) in [7, 11) is 0. The lowest BCUT2D eigenvalue weighted by molar-refractivity contribution is -0.141. The van der Waals surface area contributed by atoms with Gasteiger partial charge in [-0.05, 0) is 37.0 Å². The number of carbonyl (C=O) groups excluding carboxylic acids is 3. The minimum absolute atomic E-state index is 0.00407. The average Bonchev–Trinajstić information content (AvgIpc) is 2.95. The molecule has 2 unspecified atom stereocenters. The van der Waals surface area contributed by atoms with E-state index in [9.17, 15) is 19.6 Å². The monoisotopic (exact) mass is 361 g/mol. The van der Waals surface area contributed by atoms with Crippen molar-refractivity contribution in [3.63, 3.8) is 0 Å². The number of fused-ring (bicyclic) bond motifs is 1. The summed E-state index contributed by atoms with van der Waals surface area (Å²) in [4.78, 5) is 38.6. The smallest absolute Gasteiger partial charge is 0.244 e. The predicted octanol–water partition coefficient (Wildman–Crippen LogP) is -0.649. The summed E-state index contributed by atoms with van der Waals surface area (Å²) in [5, 5.41) is 14.9. The van der Waals surface area contributed by atoms with E-state index in [1.165, 1.54) is 0 Å². The number of hydrogen-bond acceptors (Lipinski definition) is 5. The van der Waals surface area contributed by atoms with Gasteiger partial charge in [0.15, 0.2) is 0 Å². The van der Waals surface area contributed by atoms with Crippen molar-refractivity contribution < 1.29 is 14.4 Å². The van der Waals surface area contributed by atoms with E-state index in [0.29, 0.717) is 25.9 Å². The molecule has 8 heteroatoms. The first-order valence-electron chi connectivity index (χ1n) is 9.22. The molecule has 0 bridgehead atoms. The Balaban J connectivity index is 1.70. The normalized spacial score (nSPS) is 33.7. The van der Waals surface area contributed by atoms with Gasteiger partial charge in [-0.2, -0.15) is 5.26 Å². The van der Waals surface area contributed by atoms with E-state index in [0.717, 1.165) is 0 Å². The van der Waals surface area contributed by atoms with E-state index in [1.807, 2.05) is 0 Å². The summed E-state index contributed by atoms with van der Waals surface area (Å²) in [6.45, 7) is 6.94. The second kappa shape index (κ2) is 6.54. The van der Waals surface area contributed by atoms with Crippen molar-refractivity contribution in [1.29, 1.82) is 5.26 Å². The minimum Gasteiger partial charge on any atom is -0.356 e. The van der Waals surface area contributed by atoms with Gasteiger partial charge in [-0.15, -0.1) is 0 Å². The van der Waals surface area contributed by atoms with E-state index >= 15 is 0 Å². The highest BCUT2D eigenvalue weighted by Gasteiger charge is 2.69. The van der Waals surface area contributed by atoms with Crippen molar-refractivity contribution >= 4 is 17.7 Å². The summed E-state index contributed by atoms with van der Waals surface area (Å²) >= 11 is 0. The van der Waals surface area contributed by atoms with Crippen LogP contribution >= 0.6 is 0 Å². The second-order valence-electron chi connectivity index (χ2n) is 8.38. The van der Waals surface area contributed by atoms with Crippen molar-refractivity contribution in [1.82, 2.24) is 15.5 Å². The van der Waals surface area contributed by atoms with Gasteiger partial charge in [0.2, 0.25) is 17.7 Å². The molecular formula is C18H27N5O3. The molecule has 0 radical (unpaired) electrons. The standard InChI is InChI=1S/C18H27N5O3/c1-9(20)17(26)23-8-12-13(18(12,2)3)14(23)16(25)22-11(7-19)6-10-4-5-21-15(10)24/h9-14H,4-6,8,20H2,1-3H3,(H,21,24)(H,22,25)/t9?,10-,11?,12-,13-,14-/m0/s1. The van der Waals surface area contributed by atoms with Gasteiger partial charge in [0.1, 0.15) is 12.1 Å². The van der Waals surface area contributed by atoms with Crippen LogP contribution in [-0.4, -0.2) is 53.8 Å². The van der Waals surface area contributed by atoms with Crippen LogP contribution in [0.4, 0.5) is 0 Å². The van der Waals surface area contributed by atoms with Crippen LogP contribution in [0.15, 0.2) is 0 Å². The van der Waals surface area contributed by atoms with Crippen LogP contribution in [0.3, 0.4) is 0 Å². The number of rotatable bonds is 5. The SMILES string of the molecule is CC(N)C(=O)N1C[C@H]2[C@@H]([C@H]1C(=O)NC(C#N)C[C@@H]1CCNC1=O)C2(C)C. The average molecular weight is 361 g/mol. The number of likely N-dealkylation sites (tertiary alicyclic amines) is 1. The van der Waals surface area contributed by atoms with Crippen molar-refractivity contribution in [3.05, 3.63) is 0 Å². The number of piperidine rings is 1. The van der Waals surface area contributed by atoms with Crippen LogP contribution in [0.25, 0.3) is 0 Å². The van der Waals surface area contributed by atoms with Crippen LogP contribution in [0.5, 0.6) is 0 Å². The van der Waals surface area contributed by atoms with E-state index < -0.39 is 18.1 Å². The van der Waals surface area contributed by atoms with Crippen LogP contribution in [0, 0.1) is 34.5 Å². The van der Waals surface area contributed by atoms with Crippen molar-refractivity contribution in [2.24, 2.45) is 28.9 Å². The molecule has 142 valence electrons. The first kappa shape index (κ1) is 18.6. The Morgan fingerprint density at radius 2 is 2.19 bits per heavy atom. The number of carbonyl (C=O) groups is 3. The Morgan fingerprint density at radius 1 is 1.50 bits per heavy atom. The van der Waals surface area contributed by atoms with E-state index in [4.69, 9.17) is 5.73 Å². The number of amides is 3. The maximum atomic E-state index is 12.9. The number of nitrogens with two attached hydrogens (primary N) is 1. The van der Waals surface area contributed by atoms with Gasteiger partial charge >= 0.3 is 0 Å². The molecule has 2 heterocycles. The zero-order chi connectivity index (χ0) is 19.2. The third-order valence-corrected chi connectivity index (χ3v) is 6.31.